The normalized spacial score (nSPS) is 13.9. The summed E-state index contributed by atoms with van der Waals surface area (Å²) in [6, 6.07) is 0. The molecule has 0 aliphatic rings. The van der Waals surface area contributed by atoms with Crippen LogP contribution in [0.3, 0.4) is 0 Å². The first-order chi connectivity index (χ1) is 25.9. The molecule has 0 unspecified atom stereocenters. The van der Waals surface area contributed by atoms with Gasteiger partial charge in [-0.05, 0) is 147 Å². The van der Waals surface area contributed by atoms with Gasteiger partial charge in [0.1, 0.15) is 0 Å². The second kappa shape index (κ2) is 30.1. The molecule has 0 atom stereocenters. The van der Waals surface area contributed by atoms with Gasteiger partial charge in [0.05, 0.1) is 26.4 Å². The van der Waals surface area contributed by atoms with E-state index in [1.807, 2.05) is 13.0 Å². The molecule has 12 nitrogen and oxygen atoms in total. The molecule has 0 saturated heterocycles. The highest BCUT2D eigenvalue weighted by Gasteiger charge is 2.50. The van der Waals surface area contributed by atoms with Crippen LogP contribution in [0.15, 0.2) is 69.9 Å². The van der Waals surface area contributed by atoms with Gasteiger partial charge >= 0.3 is 30.4 Å². The van der Waals surface area contributed by atoms with Gasteiger partial charge in [-0.1, -0.05) is 69.9 Å². The summed E-state index contributed by atoms with van der Waals surface area (Å²) in [5.41, 5.74) is 7.29. The van der Waals surface area contributed by atoms with E-state index < -0.39 is 41.2 Å². The van der Waals surface area contributed by atoms with E-state index in [2.05, 4.69) is 65.8 Å². The van der Waals surface area contributed by atoms with Gasteiger partial charge in [-0.2, -0.15) is 0 Å². The molecule has 0 radical (unpaired) electrons. The van der Waals surface area contributed by atoms with Gasteiger partial charge < -0.3 is 37.7 Å². The van der Waals surface area contributed by atoms with E-state index in [-0.39, 0.29) is 39.3 Å². The molecule has 56 heavy (non-hydrogen) atoms. The molecule has 0 aromatic heterocycles. The molecule has 0 bridgehead atoms. The van der Waals surface area contributed by atoms with Gasteiger partial charge in [0.2, 0.25) is 0 Å². The molecule has 0 spiro atoms. The van der Waals surface area contributed by atoms with Crippen molar-refractivity contribution in [2.45, 2.75) is 158 Å². The van der Waals surface area contributed by atoms with E-state index in [9.17, 15) is 18.3 Å². The summed E-state index contributed by atoms with van der Waals surface area (Å²) in [7, 11) is -17.1. The third-order valence-corrected chi connectivity index (χ3v) is 18.2. The second-order valence-corrected chi connectivity index (χ2v) is 23.1. The zero-order valence-corrected chi connectivity index (χ0v) is 39.9. The Morgan fingerprint density at radius 1 is 0.429 bits per heavy atom. The van der Waals surface area contributed by atoms with Crippen LogP contribution in [-0.2, 0) is 36.4 Å². The molecule has 4 N–H and O–H groups in total. The largest absolute Gasteiger partial charge is 0.346 e. The molecule has 16 heteroatoms. The van der Waals surface area contributed by atoms with Gasteiger partial charge in [0.25, 0.3) is 0 Å². The van der Waals surface area contributed by atoms with Crippen molar-refractivity contribution in [3.05, 3.63) is 69.9 Å². The summed E-state index contributed by atoms with van der Waals surface area (Å²) in [5, 5.41) is -2.95. The molecule has 0 aromatic carbocycles. The minimum Gasteiger partial charge on any atom is -0.324 e. The van der Waals surface area contributed by atoms with Gasteiger partial charge in [-0.15, -0.1) is 0 Å². The number of allylic oxidation sites excluding steroid dienone is 12. The predicted octanol–water partition coefficient (Wildman–Crippen LogP) is 13.1. The lowest BCUT2D eigenvalue weighted by molar-refractivity contribution is 0.195. The van der Waals surface area contributed by atoms with Crippen LogP contribution in [-0.4, -0.2) is 56.8 Å². The first kappa shape index (κ1) is 57.1. The van der Waals surface area contributed by atoms with Crippen LogP contribution in [0, 0.1) is 0 Å². The van der Waals surface area contributed by atoms with Crippen molar-refractivity contribution in [3.63, 3.8) is 0 Å². The van der Waals surface area contributed by atoms with Crippen LogP contribution in [0.25, 0.3) is 0 Å². The van der Waals surface area contributed by atoms with Crippen molar-refractivity contribution < 1.29 is 55.9 Å². The summed E-state index contributed by atoms with van der Waals surface area (Å²) in [4.78, 5) is 36.3. The topological polar surface area (TPSA) is 186 Å². The molecule has 0 amide bonds. The Morgan fingerprint density at radius 3 is 0.929 bits per heavy atom. The van der Waals surface area contributed by atoms with E-state index >= 15 is 0 Å². The van der Waals surface area contributed by atoms with E-state index in [1.165, 1.54) is 28.4 Å². The van der Waals surface area contributed by atoms with E-state index in [1.54, 1.807) is 34.6 Å². The predicted molar refractivity (Wildman–Crippen MR) is 233 cm³/mol. The van der Waals surface area contributed by atoms with Gasteiger partial charge in [0.15, 0.2) is 10.8 Å². The van der Waals surface area contributed by atoms with Crippen LogP contribution >= 0.6 is 30.4 Å². The summed E-state index contributed by atoms with van der Waals surface area (Å²) < 4.78 is 71.6. The van der Waals surface area contributed by atoms with Crippen molar-refractivity contribution in [2.24, 2.45) is 0 Å². The van der Waals surface area contributed by atoms with Crippen molar-refractivity contribution in [3.8, 4) is 0 Å². The monoisotopic (exact) mass is 872 g/mol. The molecule has 0 aliphatic heterocycles. The van der Waals surface area contributed by atoms with Crippen LogP contribution in [0.4, 0.5) is 0 Å². The maximum absolute atomic E-state index is 13.6. The first-order valence-corrected chi connectivity index (χ1v) is 26.3. The molecule has 0 rings (SSSR count). The van der Waals surface area contributed by atoms with Crippen LogP contribution in [0.5, 0.6) is 0 Å². The van der Waals surface area contributed by atoms with Crippen molar-refractivity contribution >= 4 is 30.4 Å². The molecule has 0 saturated carbocycles. The number of rotatable bonds is 28. The fraction of sp³-hybridized carbons (Fsp3) is 0.700. The first-order valence-electron chi connectivity index (χ1n) is 19.7. The summed E-state index contributed by atoms with van der Waals surface area (Å²) in [5.74, 6) is 0. The highest BCUT2D eigenvalue weighted by atomic mass is 31.2. The van der Waals surface area contributed by atoms with Crippen molar-refractivity contribution in [1.29, 1.82) is 0 Å². The van der Waals surface area contributed by atoms with Gasteiger partial charge in [0, 0.05) is 0 Å². The third kappa shape index (κ3) is 26.9. The highest BCUT2D eigenvalue weighted by molar-refractivity contribution is 7.72. The Bertz CT molecular complexity index is 1430. The molecule has 0 heterocycles. The Morgan fingerprint density at radius 2 is 0.679 bits per heavy atom. The Balaban J connectivity index is 0. The second-order valence-electron chi connectivity index (χ2n) is 14.3. The van der Waals surface area contributed by atoms with Crippen molar-refractivity contribution in [2.75, 3.05) is 26.4 Å². The molecule has 0 aromatic rings. The van der Waals surface area contributed by atoms with Crippen LogP contribution in [0.1, 0.15) is 147 Å². The SMILES string of the molecule is CC(C)=CCC/C(C)=C/CC/C(C)=C/CC(P(=O)(O)O)P(=O)(O)O.CCOP(=O)(OCC)C(C/C=C(\C)CC/C=C(\C)CCC=C(C)C)P(=O)(OCC)OCC. The number of hydrogen-bond donors (Lipinski definition) is 4. The summed E-state index contributed by atoms with van der Waals surface area (Å²) >= 11 is 0. The van der Waals surface area contributed by atoms with Gasteiger partial charge in [-0.3, -0.25) is 18.3 Å². The zero-order valence-electron chi connectivity index (χ0n) is 36.4. The fourth-order valence-electron chi connectivity index (χ4n) is 5.33. The molecular formula is C40H76O12P4. The molecular weight excluding hydrogens is 796 g/mol. The van der Waals surface area contributed by atoms with Crippen molar-refractivity contribution in [1.82, 2.24) is 0 Å². The van der Waals surface area contributed by atoms with E-state index in [4.69, 9.17) is 37.7 Å². The smallest absolute Gasteiger partial charge is 0.324 e. The lowest BCUT2D eigenvalue weighted by Gasteiger charge is -2.30. The standard InChI is InChI=1S/C24H46O6P2.C16H30O6P2/c1-9-27-31(25,28-10-2)24(32(26,29-11-3)30-12-4)20-19-23(8)18-14-17-22(7)16-13-15-21(5)6;1-13(2)7-5-8-14(3)9-6-10-15(4)11-12-16(23(17,18)19)24(20,21)22/h15,17,19,24H,9-14,16,18,20H2,1-8H3;7,9,11,16H,5-6,8,10,12H2,1-4H3,(H2,17,18,19)(H2,20,21,22)/b22-17+,23-19+;14-9+,15-11+. The van der Waals surface area contributed by atoms with E-state index in [0.29, 0.717) is 6.42 Å². The quantitative estimate of drug-likeness (QED) is 0.0431. The summed E-state index contributed by atoms with van der Waals surface area (Å²) in [6.45, 7) is 24.1. The molecule has 0 aliphatic carbocycles. The van der Waals surface area contributed by atoms with Gasteiger partial charge in [-0.25, -0.2) is 0 Å². The number of hydrogen-bond acceptors (Lipinski definition) is 8. The minimum absolute atomic E-state index is 0.186. The minimum atomic E-state index is -4.84. The lowest BCUT2D eigenvalue weighted by atomic mass is 10.1. The highest BCUT2D eigenvalue weighted by Crippen LogP contribution is 2.71. The Hall–Kier alpha value is -0.960. The maximum atomic E-state index is 13.6. The lowest BCUT2D eigenvalue weighted by Crippen LogP contribution is -2.17. The molecule has 328 valence electrons. The maximum Gasteiger partial charge on any atom is 0.346 e. The van der Waals surface area contributed by atoms with E-state index in [0.717, 1.165) is 56.1 Å². The third-order valence-electron chi connectivity index (χ3n) is 8.34. The van der Waals surface area contributed by atoms with Crippen LogP contribution in [0.2, 0.25) is 0 Å². The summed E-state index contributed by atoms with van der Waals surface area (Å²) in [6.07, 6.45) is 19.6. The Kier molecular flexibility index (Phi) is 30.7. The average Bonchev–Trinajstić information content (AvgIpc) is 3.04. The molecule has 0 fully saturated rings. The Labute approximate surface area is 339 Å². The fourth-order valence-corrected chi connectivity index (χ4v) is 12.8. The average molecular weight is 873 g/mol. The van der Waals surface area contributed by atoms with Crippen LogP contribution < -0.4 is 0 Å². The zero-order chi connectivity index (χ0) is 43.6.